The Labute approximate surface area is 159 Å². The van der Waals surface area contributed by atoms with Crippen LogP contribution in [0.4, 0.5) is 10.1 Å². The second-order valence-electron chi connectivity index (χ2n) is 6.18. The Hall–Kier alpha value is -3.49. The van der Waals surface area contributed by atoms with Crippen molar-refractivity contribution >= 4 is 22.6 Å². The summed E-state index contributed by atoms with van der Waals surface area (Å²) in [6.45, 7) is 1.40. The number of amides is 1. The van der Waals surface area contributed by atoms with Gasteiger partial charge >= 0.3 is 5.69 Å². The van der Waals surface area contributed by atoms with Crippen LogP contribution in [0.25, 0.3) is 11.0 Å². The van der Waals surface area contributed by atoms with Crippen LogP contribution in [0.5, 0.6) is 5.75 Å². The number of hydrogen-bond acceptors (Lipinski definition) is 5. The van der Waals surface area contributed by atoms with Crippen LogP contribution >= 0.6 is 0 Å². The number of aryl methyl sites for hydroxylation is 2. The highest BCUT2D eigenvalue weighted by molar-refractivity contribution is 6.01. The third kappa shape index (κ3) is 3.38. The maximum Gasteiger partial charge on any atom is 0.332 e. The number of aromatic nitrogens is 3. The molecule has 0 saturated heterocycles. The number of carbonyl (C=O) groups excluding carboxylic acids is 1. The Bertz CT molecular complexity index is 1180. The van der Waals surface area contributed by atoms with Gasteiger partial charge in [-0.2, -0.15) is 0 Å². The Kier molecular flexibility index (Phi) is 5.25. The number of carbonyl (C=O) groups is 1. The zero-order valence-corrected chi connectivity index (χ0v) is 15.7. The summed E-state index contributed by atoms with van der Waals surface area (Å²) >= 11 is 0. The Balaban J connectivity index is 2.00. The second-order valence-corrected chi connectivity index (χ2v) is 6.18. The number of fused-ring (bicyclic) bond motifs is 1. The molecular formula is C19H19FN4O4. The van der Waals surface area contributed by atoms with Gasteiger partial charge < -0.3 is 10.1 Å². The van der Waals surface area contributed by atoms with E-state index in [1.807, 2.05) is 6.92 Å². The van der Waals surface area contributed by atoms with E-state index in [0.717, 1.165) is 4.57 Å². The van der Waals surface area contributed by atoms with Crippen LogP contribution in [0.2, 0.25) is 0 Å². The molecule has 0 unspecified atom stereocenters. The number of rotatable bonds is 5. The number of anilines is 1. The third-order valence-corrected chi connectivity index (χ3v) is 4.39. The molecule has 1 amide bonds. The number of benzene rings is 1. The highest BCUT2D eigenvalue weighted by Crippen LogP contribution is 2.23. The fourth-order valence-corrected chi connectivity index (χ4v) is 2.86. The Morgan fingerprint density at radius 2 is 1.93 bits per heavy atom. The molecule has 8 nitrogen and oxygen atoms in total. The van der Waals surface area contributed by atoms with Crippen LogP contribution in [-0.4, -0.2) is 26.6 Å². The van der Waals surface area contributed by atoms with Crippen molar-refractivity contribution in [2.45, 2.75) is 13.3 Å². The van der Waals surface area contributed by atoms with Crippen LogP contribution < -0.4 is 21.3 Å². The lowest BCUT2D eigenvalue weighted by molar-refractivity contribution is -0.118. The van der Waals surface area contributed by atoms with Crippen LogP contribution in [0.3, 0.4) is 0 Å². The average Bonchev–Trinajstić information content (AvgIpc) is 2.69. The molecule has 2 heterocycles. The highest BCUT2D eigenvalue weighted by atomic mass is 19.1. The summed E-state index contributed by atoms with van der Waals surface area (Å²) in [4.78, 5) is 41.4. The van der Waals surface area contributed by atoms with Gasteiger partial charge in [-0.15, -0.1) is 0 Å². The summed E-state index contributed by atoms with van der Waals surface area (Å²) < 4.78 is 21.0. The summed E-state index contributed by atoms with van der Waals surface area (Å²) in [5.74, 6) is -1.20. The van der Waals surface area contributed by atoms with Crippen molar-refractivity contribution in [3.05, 3.63) is 62.7 Å². The van der Waals surface area contributed by atoms with Crippen molar-refractivity contribution in [2.24, 2.45) is 14.1 Å². The van der Waals surface area contributed by atoms with Crippen LogP contribution in [0.1, 0.15) is 12.5 Å². The molecule has 0 bridgehead atoms. The first-order valence-electron chi connectivity index (χ1n) is 8.60. The van der Waals surface area contributed by atoms with Gasteiger partial charge in [0.25, 0.3) is 11.5 Å². The molecule has 0 atom stereocenters. The molecule has 0 fully saturated rings. The molecule has 0 radical (unpaired) electrons. The smallest absolute Gasteiger partial charge is 0.332 e. The number of para-hydroxylation sites is 1. The van der Waals surface area contributed by atoms with E-state index in [0.29, 0.717) is 12.0 Å². The summed E-state index contributed by atoms with van der Waals surface area (Å²) in [6.07, 6.45) is 2.01. The molecule has 3 rings (SSSR count). The normalized spacial score (nSPS) is 10.9. The van der Waals surface area contributed by atoms with E-state index >= 15 is 0 Å². The van der Waals surface area contributed by atoms with Crippen LogP contribution in [-0.2, 0) is 25.3 Å². The number of pyridine rings is 1. The van der Waals surface area contributed by atoms with Crippen LogP contribution in [0, 0.1) is 5.82 Å². The molecule has 0 saturated carbocycles. The zero-order chi connectivity index (χ0) is 20.4. The predicted octanol–water partition coefficient (Wildman–Crippen LogP) is 1.35. The monoisotopic (exact) mass is 386 g/mol. The van der Waals surface area contributed by atoms with Gasteiger partial charge in [0, 0.05) is 20.3 Å². The molecule has 0 aliphatic carbocycles. The zero-order valence-electron chi connectivity index (χ0n) is 15.7. The minimum absolute atomic E-state index is 0.0498. The van der Waals surface area contributed by atoms with Crippen molar-refractivity contribution in [1.82, 2.24) is 14.1 Å². The molecule has 1 N–H and O–H groups in total. The number of halogens is 1. The van der Waals surface area contributed by atoms with E-state index in [9.17, 15) is 18.8 Å². The minimum Gasteiger partial charge on any atom is -0.481 e. The molecular weight excluding hydrogens is 367 g/mol. The van der Waals surface area contributed by atoms with Crippen molar-refractivity contribution < 1.29 is 13.9 Å². The first kappa shape index (κ1) is 19.3. The number of nitrogens with one attached hydrogen (secondary N) is 1. The quantitative estimate of drug-likeness (QED) is 0.714. The van der Waals surface area contributed by atoms with Crippen molar-refractivity contribution in [3.63, 3.8) is 0 Å². The van der Waals surface area contributed by atoms with Gasteiger partial charge in [0.05, 0.1) is 5.69 Å². The molecule has 9 heteroatoms. The fraction of sp³-hybridized carbons (Fsp3) is 0.263. The first-order chi connectivity index (χ1) is 13.3. The number of ether oxygens (including phenoxy) is 1. The van der Waals surface area contributed by atoms with Crippen molar-refractivity contribution in [2.75, 3.05) is 11.9 Å². The standard InChI is InChI=1S/C19H19FN4O4/c1-4-11-9-21-17-15(18(26)24(3)19(27)23(17)2)16(11)22-14(25)10-28-13-8-6-5-7-12(13)20/h5-9H,4,10H2,1-3H3,(H,21,22,25). The van der Waals surface area contributed by atoms with E-state index in [1.165, 1.54) is 43.1 Å². The summed E-state index contributed by atoms with van der Waals surface area (Å²) in [5.41, 5.74) is -0.0235. The minimum atomic E-state index is -0.581. The Morgan fingerprint density at radius 3 is 2.61 bits per heavy atom. The van der Waals surface area contributed by atoms with E-state index in [-0.39, 0.29) is 22.5 Å². The van der Waals surface area contributed by atoms with Crippen molar-refractivity contribution in [3.8, 4) is 5.75 Å². The summed E-state index contributed by atoms with van der Waals surface area (Å²) in [6, 6.07) is 5.74. The summed E-state index contributed by atoms with van der Waals surface area (Å²) in [7, 11) is 2.85. The molecule has 0 aliphatic rings. The molecule has 2 aromatic heterocycles. The molecule has 146 valence electrons. The van der Waals surface area contributed by atoms with Gasteiger partial charge in [-0.3, -0.25) is 18.7 Å². The lowest BCUT2D eigenvalue weighted by Gasteiger charge is -2.15. The SMILES string of the molecule is CCc1cnc2c(c1NC(=O)COc1ccccc1F)c(=O)n(C)c(=O)n2C. The maximum absolute atomic E-state index is 13.6. The topological polar surface area (TPSA) is 95.2 Å². The van der Waals surface area contributed by atoms with Gasteiger partial charge in [0.1, 0.15) is 5.39 Å². The van der Waals surface area contributed by atoms with Crippen molar-refractivity contribution in [1.29, 1.82) is 0 Å². The number of hydrogen-bond donors (Lipinski definition) is 1. The van der Waals surface area contributed by atoms with E-state index < -0.39 is 29.6 Å². The largest absolute Gasteiger partial charge is 0.481 e. The van der Waals surface area contributed by atoms with Gasteiger partial charge in [-0.05, 0) is 24.1 Å². The first-order valence-corrected chi connectivity index (χ1v) is 8.60. The van der Waals surface area contributed by atoms with E-state index in [4.69, 9.17) is 4.74 Å². The lowest BCUT2D eigenvalue weighted by atomic mass is 10.1. The van der Waals surface area contributed by atoms with Gasteiger partial charge in [-0.1, -0.05) is 19.1 Å². The maximum atomic E-state index is 13.6. The molecule has 3 aromatic rings. The molecule has 1 aromatic carbocycles. The van der Waals surface area contributed by atoms with Gasteiger partial charge in [0.15, 0.2) is 23.8 Å². The number of nitrogens with zero attached hydrogens (tertiary/aromatic N) is 3. The molecule has 0 aliphatic heterocycles. The van der Waals surface area contributed by atoms with E-state index in [2.05, 4.69) is 10.3 Å². The van der Waals surface area contributed by atoms with E-state index in [1.54, 1.807) is 6.07 Å². The Morgan fingerprint density at radius 1 is 1.21 bits per heavy atom. The van der Waals surface area contributed by atoms with Gasteiger partial charge in [0.2, 0.25) is 0 Å². The molecule has 0 spiro atoms. The molecule has 28 heavy (non-hydrogen) atoms. The summed E-state index contributed by atoms with van der Waals surface area (Å²) in [5, 5.41) is 2.78. The van der Waals surface area contributed by atoms with Crippen LogP contribution in [0.15, 0.2) is 40.1 Å². The van der Waals surface area contributed by atoms with Gasteiger partial charge in [-0.25, -0.2) is 14.2 Å². The lowest BCUT2D eigenvalue weighted by Crippen LogP contribution is -2.38. The highest BCUT2D eigenvalue weighted by Gasteiger charge is 2.18. The second kappa shape index (κ2) is 7.63. The predicted molar refractivity (Wildman–Crippen MR) is 102 cm³/mol. The third-order valence-electron chi connectivity index (χ3n) is 4.39. The average molecular weight is 386 g/mol. The fourth-order valence-electron chi connectivity index (χ4n) is 2.86.